The number of nitrogens with two attached hydrogens (primary N) is 1. The molecule has 1 amide bonds. The van der Waals surface area contributed by atoms with Gasteiger partial charge in [0, 0.05) is 49.3 Å². The number of likely N-dealkylation sites (tertiary alicyclic amines) is 1. The molecule has 0 radical (unpaired) electrons. The second-order valence-corrected chi connectivity index (χ2v) is 9.00. The maximum Gasteiger partial charge on any atom is 0.416 e. The third-order valence-electron chi connectivity index (χ3n) is 6.05. The molecule has 1 aromatic carbocycles. The number of pyridine rings is 1. The molecule has 1 saturated heterocycles. The topological polar surface area (TPSA) is 100 Å². The monoisotopic (exact) mass is 509 g/mol. The summed E-state index contributed by atoms with van der Waals surface area (Å²) in [6.45, 7) is 1.63. The Morgan fingerprint density at radius 2 is 1.97 bits per heavy atom. The summed E-state index contributed by atoms with van der Waals surface area (Å²) in [7, 11) is 3.94. The van der Waals surface area contributed by atoms with Crippen LogP contribution in [0, 0.1) is 11.8 Å². The number of hydrogen-bond acceptors (Lipinski definition) is 7. The Kier molecular flexibility index (Phi) is 7.71. The van der Waals surface area contributed by atoms with E-state index in [4.69, 9.17) is 5.73 Å². The lowest BCUT2D eigenvalue weighted by Crippen LogP contribution is -2.31. The summed E-state index contributed by atoms with van der Waals surface area (Å²) in [5.74, 6) is 5.28. The maximum absolute atomic E-state index is 13.9. The van der Waals surface area contributed by atoms with Crippen LogP contribution in [-0.2, 0) is 12.7 Å². The van der Waals surface area contributed by atoms with Gasteiger partial charge in [0.1, 0.15) is 11.5 Å². The lowest BCUT2D eigenvalue weighted by Gasteiger charge is -2.22. The summed E-state index contributed by atoms with van der Waals surface area (Å²) in [5.41, 5.74) is 5.92. The first-order valence-electron chi connectivity index (χ1n) is 11.5. The Morgan fingerprint density at radius 1 is 1.16 bits per heavy atom. The lowest BCUT2D eigenvalue weighted by molar-refractivity contribution is -0.138. The standard InChI is InChI=1S/C26H26F3N7O/c1-35(2)22-7-8-36(16-22)15-18-4-6-20(10-23(18)26(27,28)29)34-25(37)19-9-17(11-31-12-19)3-5-21-13-33-24(30)14-32-21/h4,6,9-14,22H,7-8,15-16H2,1-2H3,(H2,30,33)(H,34,37)/t22-/m0/s1. The number of hydrogen-bond donors (Lipinski definition) is 2. The summed E-state index contributed by atoms with van der Waals surface area (Å²) in [4.78, 5) is 28.8. The largest absolute Gasteiger partial charge is 0.416 e. The Balaban J connectivity index is 1.49. The molecule has 11 heteroatoms. The average Bonchev–Trinajstić information content (AvgIpc) is 3.33. The Bertz CT molecular complexity index is 1330. The van der Waals surface area contributed by atoms with Crippen molar-refractivity contribution in [1.82, 2.24) is 24.8 Å². The number of rotatable bonds is 5. The first-order valence-corrected chi connectivity index (χ1v) is 11.5. The molecule has 3 heterocycles. The van der Waals surface area contributed by atoms with Crippen molar-refractivity contribution < 1.29 is 18.0 Å². The fraction of sp³-hybridized carbons (Fsp3) is 0.308. The van der Waals surface area contributed by atoms with Gasteiger partial charge in [-0.15, -0.1) is 0 Å². The van der Waals surface area contributed by atoms with E-state index >= 15 is 0 Å². The Morgan fingerprint density at radius 3 is 2.65 bits per heavy atom. The van der Waals surface area contributed by atoms with E-state index in [0.29, 0.717) is 23.8 Å². The molecule has 3 aromatic rings. The number of likely N-dealkylation sites (N-methyl/N-ethyl adjacent to an activating group) is 1. The minimum Gasteiger partial charge on any atom is -0.382 e. The quantitative estimate of drug-likeness (QED) is 0.510. The van der Waals surface area contributed by atoms with E-state index in [9.17, 15) is 18.0 Å². The molecule has 4 rings (SSSR count). The van der Waals surface area contributed by atoms with E-state index in [1.165, 1.54) is 43.0 Å². The highest BCUT2D eigenvalue weighted by atomic mass is 19.4. The molecular weight excluding hydrogens is 483 g/mol. The van der Waals surface area contributed by atoms with E-state index in [-0.39, 0.29) is 29.2 Å². The summed E-state index contributed by atoms with van der Waals surface area (Å²) in [5, 5.41) is 2.54. The van der Waals surface area contributed by atoms with Crippen LogP contribution in [0.25, 0.3) is 0 Å². The van der Waals surface area contributed by atoms with Gasteiger partial charge in [0.2, 0.25) is 0 Å². The van der Waals surface area contributed by atoms with Crippen molar-refractivity contribution in [3.8, 4) is 11.8 Å². The number of nitrogens with one attached hydrogen (secondary N) is 1. The first kappa shape index (κ1) is 26.1. The van der Waals surface area contributed by atoms with Crippen LogP contribution in [-0.4, -0.2) is 63.9 Å². The van der Waals surface area contributed by atoms with Crippen molar-refractivity contribution in [3.63, 3.8) is 0 Å². The molecule has 0 aliphatic carbocycles. The smallest absolute Gasteiger partial charge is 0.382 e. The molecule has 1 atom stereocenters. The van der Waals surface area contributed by atoms with Gasteiger partial charge in [0.05, 0.1) is 23.5 Å². The number of carbonyl (C=O) groups is 1. The Hall–Kier alpha value is -4.01. The third kappa shape index (κ3) is 6.81. The molecule has 1 fully saturated rings. The number of anilines is 2. The fourth-order valence-corrected chi connectivity index (χ4v) is 4.05. The van der Waals surface area contributed by atoms with E-state index in [1.54, 1.807) is 0 Å². The molecule has 3 N–H and O–H groups in total. The van der Waals surface area contributed by atoms with Crippen LogP contribution >= 0.6 is 0 Å². The molecule has 0 spiro atoms. The van der Waals surface area contributed by atoms with Gasteiger partial charge in [-0.05, 0) is 50.2 Å². The van der Waals surface area contributed by atoms with Crippen molar-refractivity contribution in [2.24, 2.45) is 0 Å². The van der Waals surface area contributed by atoms with Gasteiger partial charge >= 0.3 is 6.18 Å². The molecule has 37 heavy (non-hydrogen) atoms. The number of carbonyl (C=O) groups excluding carboxylic acids is 1. The zero-order chi connectivity index (χ0) is 26.6. The predicted molar refractivity (Wildman–Crippen MR) is 133 cm³/mol. The minimum atomic E-state index is -4.56. The molecule has 1 aliphatic heterocycles. The highest BCUT2D eigenvalue weighted by Gasteiger charge is 2.35. The molecule has 2 aromatic heterocycles. The van der Waals surface area contributed by atoms with Crippen LogP contribution in [0.5, 0.6) is 0 Å². The molecule has 0 bridgehead atoms. The minimum absolute atomic E-state index is 0.0438. The van der Waals surface area contributed by atoms with Gasteiger partial charge in [-0.2, -0.15) is 13.2 Å². The second-order valence-electron chi connectivity index (χ2n) is 9.00. The van der Waals surface area contributed by atoms with Crippen LogP contribution in [0.4, 0.5) is 24.7 Å². The van der Waals surface area contributed by atoms with Gasteiger partial charge in [0.25, 0.3) is 5.91 Å². The van der Waals surface area contributed by atoms with Crippen molar-refractivity contribution in [2.45, 2.75) is 25.2 Å². The number of nitrogen functional groups attached to an aromatic ring is 1. The molecule has 0 saturated carbocycles. The number of amides is 1. The highest BCUT2D eigenvalue weighted by molar-refractivity contribution is 6.04. The maximum atomic E-state index is 13.9. The van der Waals surface area contributed by atoms with E-state index in [1.807, 2.05) is 19.0 Å². The summed E-state index contributed by atoms with van der Waals surface area (Å²) in [6.07, 6.45) is 1.92. The number of alkyl halides is 3. The molecule has 0 unspecified atom stereocenters. The second kappa shape index (κ2) is 10.9. The van der Waals surface area contributed by atoms with Crippen LogP contribution < -0.4 is 11.1 Å². The average molecular weight is 510 g/mol. The van der Waals surface area contributed by atoms with Crippen molar-refractivity contribution in [1.29, 1.82) is 0 Å². The van der Waals surface area contributed by atoms with Crippen molar-refractivity contribution in [2.75, 3.05) is 38.2 Å². The van der Waals surface area contributed by atoms with Crippen molar-refractivity contribution >= 4 is 17.4 Å². The van der Waals surface area contributed by atoms with Crippen LogP contribution in [0.3, 0.4) is 0 Å². The number of aromatic nitrogens is 3. The zero-order valence-electron chi connectivity index (χ0n) is 20.4. The van der Waals surface area contributed by atoms with Gasteiger partial charge in [-0.1, -0.05) is 12.0 Å². The van der Waals surface area contributed by atoms with Gasteiger partial charge < -0.3 is 16.0 Å². The SMILES string of the molecule is CN(C)[C@H]1CCN(Cc2ccc(NC(=O)c3cncc(C#Cc4cnc(N)cn4)c3)cc2C(F)(F)F)C1. The molecular formula is C26H26F3N7O. The van der Waals surface area contributed by atoms with Crippen LogP contribution in [0.2, 0.25) is 0 Å². The fourth-order valence-electron chi connectivity index (χ4n) is 4.05. The van der Waals surface area contributed by atoms with Crippen molar-refractivity contribution in [3.05, 3.63) is 77.0 Å². The van der Waals surface area contributed by atoms with Gasteiger partial charge in [0.15, 0.2) is 0 Å². The van der Waals surface area contributed by atoms with Gasteiger partial charge in [-0.25, -0.2) is 9.97 Å². The molecule has 1 aliphatic rings. The van der Waals surface area contributed by atoms with E-state index < -0.39 is 17.6 Å². The lowest BCUT2D eigenvalue weighted by atomic mass is 10.0. The van der Waals surface area contributed by atoms with E-state index in [2.05, 4.69) is 37.0 Å². The summed E-state index contributed by atoms with van der Waals surface area (Å²) in [6, 6.07) is 5.70. The zero-order valence-corrected chi connectivity index (χ0v) is 20.4. The number of halogens is 3. The number of nitrogens with zero attached hydrogens (tertiary/aromatic N) is 5. The number of benzene rings is 1. The van der Waals surface area contributed by atoms with E-state index in [0.717, 1.165) is 19.0 Å². The predicted octanol–water partition coefficient (Wildman–Crippen LogP) is 3.26. The van der Waals surface area contributed by atoms with Gasteiger partial charge in [-0.3, -0.25) is 14.7 Å². The third-order valence-corrected chi connectivity index (χ3v) is 6.05. The van der Waals surface area contributed by atoms with Crippen LogP contribution in [0.1, 0.15) is 39.2 Å². The normalized spacial score (nSPS) is 15.9. The van der Waals surface area contributed by atoms with Crippen LogP contribution in [0.15, 0.2) is 49.1 Å². The molecule has 8 nitrogen and oxygen atoms in total. The first-order chi connectivity index (χ1) is 17.6. The Labute approximate surface area is 212 Å². The molecule has 192 valence electrons. The summed E-state index contributed by atoms with van der Waals surface area (Å²) >= 11 is 0. The summed E-state index contributed by atoms with van der Waals surface area (Å²) < 4.78 is 41.7. The highest BCUT2D eigenvalue weighted by Crippen LogP contribution is 2.35.